The average molecular weight is 256 g/mol. The number of hydrogen-bond donors (Lipinski definition) is 1. The van der Waals surface area contributed by atoms with E-state index in [0.717, 1.165) is 23.8 Å². The molecule has 0 bridgehead atoms. The van der Waals surface area contributed by atoms with Crippen molar-refractivity contribution < 1.29 is 0 Å². The monoisotopic (exact) mass is 256 g/mol. The van der Waals surface area contributed by atoms with E-state index in [9.17, 15) is 0 Å². The molecule has 3 atom stereocenters. The molecular weight excluding hydrogens is 228 g/mol. The molecular formula is C14H28N2S. The van der Waals surface area contributed by atoms with Crippen LogP contribution in [0.1, 0.15) is 39.5 Å². The molecule has 1 saturated heterocycles. The lowest BCUT2D eigenvalue weighted by Crippen LogP contribution is -2.47. The predicted molar refractivity (Wildman–Crippen MR) is 77.8 cm³/mol. The van der Waals surface area contributed by atoms with Gasteiger partial charge in [-0.05, 0) is 25.3 Å². The van der Waals surface area contributed by atoms with Crippen molar-refractivity contribution in [2.24, 2.45) is 5.92 Å². The lowest BCUT2D eigenvalue weighted by molar-refractivity contribution is 0.173. The molecule has 1 heterocycles. The smallest absolute Gasteiger partial charge is 0.0147 e. The van der Waals surface area contributed by atoms with Crippen LogP contribution in [0.5, 0.6) is 0 Å². The zero-order valence-electron chi connectivity index (χ0n) is 11.5. The summed E-state index contributed by atoms with van der Waals surface area (Å²) < 4.78 is 0. The van der Waals surface area contributed by atoms with Gasteiger partial charge in [0, 0.05) is 36.7 Å². The molecule has 0 aromatic rings. The van der Waals surface area contributed by atoms with Crippen LogP contribution in [-0.4, -0.2) is 48.1 Å². The summed E-state index contributed by atoms with van der Waals surface area (Å²) in [5, 5.41) is 4.54. The third kappa shape index (κ3) is 4.15. The Balaban J connectivity index is 1.82. The molecule has 1 N–H and O–H groups in total. The maximum absolute atomic E-state index is 3.70. The number of nitrogens with zero attached hydrogens (tertiary/aromatic N) is 1. The van der Waals surface area contributed by atoms with Crippen LogP contribution >= 0.6 is 11.8 Å². The van der Waals surface area contributed by atoms with Crippen LogP contribution in [0.3, 0.4) is 0 Å². The molecule has 0 spiro atoms. The van der Waals surface area contributed by atoms with E-state index < -0.39 is 0 Å². The van der Waals surface area contributed by atoms with Crippen LogP contribution in [-0.2, 0) is 0 Å². The number of rotatable bonds is 4. The molecule has 3 heteroatoms. The highest BCUT2D eigenvalue weighted by molar-refractivity contribution is 7.99. The zero-order valence-corrected chi connectivity index (χ0v) is 12.3. The average Bonchev–Trinajstić information content (AvgIpc) is 2.32. The fourth-order valence-electron chi connectivity index (χ4n) is 3.35. The van der Waals surface area contributed by atoms with E-state index in [4.69, 9.17) is 0 Å². The fraction of sp³-hybridized carbons (Fsp3) is 1.00. The Morgan fingerprint density at radius 2 is 2.12 bits per heavy atom. The Kier molecular flexibility index (Phi) is 5.64. The second-order valence-electron chi connectivity index (χ2n) is 5.65. The first-order chi connectivity index (χ1) is 8.29. The zero-order chi connectivity index (χ0) is 12.1. The van der Waals surface area contributed by atoms with Crippen molar-refractivity contribution in [1.82, 2.24) is 10.2 Å². The van der Waals surface area contributed by atoms with E-state index in [2.05, 4.69) is 35.8 Å². The summed E-state index contributed by atoms with van der Waals surface area (Å²) in [6.45, 7) is 9.70. The molecule has 2 aliphatic rings. The molecule has 2 rings (SSSR count). The van der Waals surface area contributed by atoms with E-state index in [1.807, 2.05) is 0 Å². The van der Waals surface area contributed by atoms with Gasteiger partial charge < -0.3 is 10.2 Å². The number of thioether (sulfide) groups is 1. The van der Waals surface area contributed by atoms with Gasteiger partial charge in [0.1, 0.15) is 0 Å². The van der Waals surface area contributed by atoms with Crippen LogP contribution in [0.25, 0.3) is 0 Å². The summed E-state index contributed by atoms with van der Waals surface area (Å²) >= 11 is 2.14. The topological polar surface area (TPSA) is 15.3 Å². The van der Waals surface area contributed by atoms with E-state index in [1.165, 1.54) is 51.1 Å². The van der Waals surface area contributed by atoms with Crippen LogP contribution in [0, 0.1) is 5.92 Å². The van der Waals surface area contributed by atoms with Crippen molar-refractivity contribution >= 4 is 11.8 Å². The molecule has 1 saturated carbocycles. The van der Waals surface area contributed by atoms with Crippen LogP contribution in [0.15, 0.2) is 0 Å². The van der Waals surface area contributed by atoms with E-state index in [0.29, 0.717) is 0 Å². The summed E-state index contributed by atoms with van der Waals surface area (Å²) in [6, 6.07) is 0.790. The second-order valence-corrected chi connectivity index (χ2v) is 7.20. The van der Waals surface area contributed by atoms with Gasteiger partial charge in [-0.25, -0.2) is 0 Å². The Labute approximate surface area is 111 Å². The first-order valence-corrected chi connectivity index (χ1v) is 8.41. The summed E-state index contributed by atoms with van der Waals surface area (Å²) in [5.74, 6) is 2.23. The highest BCUT2D eigenvalue weighted by Gasteiger charge is 2.27. The van der Waals surface area contributed by atoms with Gasteiger partial charge in [0.25, 0.3) is 0 Å². The van der Waals surface area contributed by atoms with Crippen molar-refractivity contribution in [2.45, 2.75) is 50.8 Å². The van der Waals surface area contributed by atoms with Crippen molar-refractivity contribution in [1.29, 1.82) is 0 Å². The fourth-order valence-corrected chi connectivity index (χ4v) is 4.43. The van der Waals surface area contributed by atoms with E-state index in [1.54, 1.807) is 0 Å². The Morgan fingerprint density at radius 3 is 2.88 bits per heavy atom. The quantitative estimate of drug-likeness (QED) is 0.832. The molecule has 0 aromatic carbocycles. The van der Waals surface area contributed by atoms with Gasteiger partial charge >= 0.3 is 0 Å². The van der Waals surface area contributed by atoms with Crippen LogP contribution < -0.4 is 5.32 Å². The van der Waals surface area contributed by atoms with Crippen LogP contribution in [0.2, 0.25) is 0 Å². The minimum absolute atomic E-state index is 0.790. The van der Waals surface area contributed by atoms with Gasteiger partial charge in [-0.2, -0.15) is 11.8 Å². The van der Waals surface area contributed by atoms with Crippen molar-refractivity contribution in [3.8, 4) is 0 Å². The summed E-state index contributed by atoms with van der Waals surface area (Å²) in [4.78, 5) is 2.71. The Hall–Kier alpha value is 0.270. The molecule has 1 aliphatic carbocycles. The first kappa shape index (κ1) is 13.7. The molecule has 17 heavy (non-hydrogen) atoms. The molecule has 0 radical (unpaired) electrons. The Morgan fingerprint density at radius 1 is 1.29 bits per heavy atom. The molecule has 1 aliphatic heterocycles. The maximum atomic E-state index is 3.70. The van der Waals surface area contributed by atoms with E-state index in [-0.39, 0.29) is 0 Å². The van der Waals surface area contributed by atoms with Gasteiger partial charge in [-0.1, -0.05) is 26.7 Å². The summed E-state index contributed by atoms with van der Waals surface area (Å²) in [7, 11) is 0. The predicted octanol–water partition coefficient (Wildman–Crippen LogP) is 2.59. The Bertz CT molecular complexity index is 220. The molecule has 100 valence electrons. The lowest BCUT2D eigenvalue weighted by atomic mass is 9.84. The third-order valence-corrected chi connectivity index (χ3v) is 5.33. The van der Waals surface area contributed by atoms with Gasteiger partial charge in [0.2, 0.25) is 0 Å². The number of nitrogens with one attached hydrogen (secondary N) is 1. The summed E-state index contributed by atoms with van der Waals surface area (Å²) in [6.07, 6.45) is 5.72. The SMILES string of the molecule is CCNC1CCCCC1CN1CCSC(C)C1. The van der Waals surface area contributed by atoms with Gasteiger partial charge in [0.05, 0.1) is 0 Å². The third-order valence-electron chi connectivity index (χ3n) is 4.19. The number of hydrogen-bond acceptors (Lipinski definition) is 3. The highest BCUT2D eigenvalue weighted by Crippen LogP contribution is 2.27. The minimum Gasteiger partial charge on any atom is -0.314 e. The van der Waals surface area contributed by atoms with Gasteiger partial charge in [-0.15, -0.1) is 0 Å². The van der Waals surface area contributed by atoms with Crippen molar-refractivity contribution in [2.75, 3.05) is 31.9 Å². The van der Waals surface area contributed by atoms with E-state index >= 15 is 0 Å². The largest absolute Gasteiger partial charge is 0.314 e. The van der Waals surface area contributed by atoms with Crippen molar-refractivity contribution in [3.63, 3.8) is 0 Å². The standard InChI is InChI=1S/C14H28N2S/c1-3-15-14-7-5-4-6-13(14)11-16-8-9-17-12(2)10-16/h12-15H,3-11H2,1-2H3. The van der Waals surface area contributed by atoms with Crippen LogP contribution in [0.4, 0.5) is 0 Å². The second kappa shape index (κ2) is 7.01. The van der Waals surface area contributed by atoms with Crippen molar-refractivity contribution in [3.05, 3.63) is 0 Å². The van der Waals surface area contributed by atoms with Gasteiger partial charge in [-0.3, -0.25) is 0 Å². The van der Waals surface area contributed by atoms with Gasteiger partial charge in [0.15, 0.2) is 0 Å². The summed E-state index contributed by atoms with van der Waals surface area (Å²) in [5.41, 5.74) is 0. The normalized spacial score (nSPS) is 36.0. The molecule has 2 nitrogen and oxygen atoms in total. The highest BCUT2D eigenvalue weighted by atomic mass is 32.2. The lowest BCUT2D eigenvalue weighted by Gasteiger charge is -2.38. The maximum Gasteiger partial charge on any atom is 0.0147 e. The molecule has 0 aromatic heterocycles. The molecule has 0 amide bonds. The first-order valence-electron chi connectivity index (χ1n) is 7.37. The molecule has 3 unspecified atom stereocenters. The minimum atomic E-state index is 0.790. The molecule has 2 fully saturated rings.